The predicted octanol–water partition coefficient (Wildman–Crippen LogP) is 4.62. The molecule has 0 amide bonds. The molecule has 1 aromatic carbocycles. The number of allylic oxidation sites excluding steroid dienone is 1. The summed E-state index contributed by atoms with van der Waals surface area (Å²) in [6, 6.07) is 4.18. The maximum Gasteiger partial charge on any atom is 0.419 e. The summed E-state index contributed by atoms with van der Waals surface area (Å²) >= 11 is 5.92. The van der Waals surface area contributed by atoms with Crippen LogP contribution in [0.5, 0.6) is 11.5 Å². The van der Waals surface area contributed by atoms with Crippen molar-refractivity contribution in [2.45, 2.75) is 26.9 Å². The summed E-state index contributed by atoms with van der Waals surface area (Å²) in [5, 5.41) is 9.05. The Kier molecular flexibility index (Phi) is 5.08. The van der Waals surface area contributed by atoms with Crippen molar-refractivity contribution in [2.75, 3.05) is 6.61 Å². The smallest absolute Gasteiger partial charge is 0.419 e. The lowest BCUT2D eigenvalue weighted by Crippen LogP contribution is -2.21. The highest BCUT2D eigenvalue weighted by Crippen LogP contribution is 2.59. The van der Waals surface area contributed by atoms with Crippen molar-refractivity contribution in [3.05, 3.63) is 35.4 Å². The Hall–Kier alpha value is -1.82. The van der Waals surface area contributed by atoms with Crippen LogP contribution in [0, 0.1) is 17.3 Å². The van der Waals surface area contributed by atoms with E-state index in [9.17, 15) is 13.6 Å². The second-order valence-corrected chi connectivity index (χ2v) is 6.62. The van der Waals surface area contributed by atoms with E-state index in [0.29, 0.717) is 18.4 Å². The second kappa shape index (κ2) is 6.59. The number of alkyl halides is 2. The second-order valence-electron chi connectivity index (χ2n) is 6.21. The number of rotatable bonds is 7. The van der Waals surface area contributed by atoms with Crippen molar-refractivity contribution in [3.8, 4) is 11.5 Å². The number of benzene rings is 1. The van der Waals surface area contributed by atoms with Gasteiger partial charge in [0.05, 0.1) is 17.5 Å². The van der Waals surface area contributed by atoms with Crippen molar-refractivity contribution < 1.29 is 28.2 Å². The van der Waals surface area contributed by atoms with E-state index in [2.05, 4.69) is 4.74 Å². The number of halogens is 3. The molecule has 0 saturated heterocycles. The van der Waals surface area contributed by atoms with Gasteiger partial charge in [-0.2, -0.15) is 8.78 Å². The topological polar surface area (TPSA) is 55.8 Å². The van der Waals surface area contributed by atoms with E-state index in [-0.39, 0.29) is 10.8 Å². The molecule has 0 unspecified atom stereocenters. The van der Waals surface area contributed by atoms with E-state index >= 15 is 0 Å². The Balaban J connectivity index is 2.06. The Morgan fingerprint density at radius 2 is 2.12 bits per heavy atom. The van der Waals surface area contributed by atoms with Gasteiger partial charge in [-0.05, 0) is 30.4 Å². The van der Waals surface area contributed by atoms with Crippen LogP contribution in [0.4, 0.5) is 8.78 Å². The summed E-state index contributed by atoms with van der Waals surface area (Å²) in [6.07, 6.45) is -1.82. The molecule has 0 bridgehead atoms. The number of carbonyl (C=O) groups is 1. The lowest BCUT2D eigenvalue weighted by atomic mass is 10.1. The first-order valence-corrected chi connectivity index (χ1v) is 7.87. The van der Waals surface area contributed by atoms with Crippen molar-refractivity contribution in [1.29, 1.82) is 0 Å². The van der Waals surface area contributed by atoms with Gasteiger partial charge in [0.2, 0.25) is 0 Å². The molecule has 132 valence electrons. The molecule has 1 fully saturated rings. The van der Waals surface area contributed by atoms with Crippen LogP contribution < -0.4 is 9.47 Å². The summed E-state index contributed by atoms with van der Waals surface area (Å²) in [5.74, 6) is -1.84. The zero-order valence-corrected chi connectivity index (χ0v) is 14.3. The van der Waals surface area contributed by atoms with E-state index in [1.54, 1.807) is 20.8 Å². The molecule has 1 aliphatic rings. The van der Waals surface area contributed by atoms with Gasteiger partial charge in [0.15, 0.2) is 0 Å². The SMILES string of the molecule is CCOc1ccc(OC(F)(F)C=C[C@H]2[C@@H](C(=O)O)C2(C)C)c(Cl)c1. The van der Waals surface area contributed by atoms with Gasteiger partial charge in [0.1, 0.15) is 11.5 Å². The molecule has 2 rings (SSSR count). The van der Waals surface area contributed by atoms with Gasteiger partial charge >= 0.3 is 12.1 Å². The average Bonchev–Trinajstić information content (AvgIpc) is 3.02. The van der Waals surface area contributed by atoms with Crippen molar-refractivity contribution >= 4 is 17.6 Å². The minimum atomic E-state index is -3.60. The van der Waals surface area contributed by atoms with E-state index in [4.69, 9.17) is 21.4 Å². The van der Waals surface area contributed by atoms with E-state index in [1.165, 1.54) is 24.3 Å². The van der Waals surface area contributed by atoms with Crippen LogP contribution in [0.25, 0.3) is 0 Å². The molecule has 1 aromatic rings. The van der Waals surface area contributed by atoms with Crippen molar-refractivity contribution in [2.24, 2.45) is 17.3 Å². The number of ether oxygens (including phenoxy) is 2. The summed E-state index contributed by atoms with van der Waals surface area (Å²) in [7, 11) is 0. The first kappa shape index (κ1) is 18.5. The highest BCUT2D eigenvalue weighted by Gasteiger charge is 2.61. The number of hydrogen-bond acceptors (Lipinski definition) is 3. The van der Waals surface area contributed by atoms with E-state index < -0.39 is 29.3 Å². The molecule has 1 aliphatic carbocycles. The predicted molar refractivity (Wildman–Crippen MR) is 85.7 cm³/mol. The zero-order chi connectivity index (χ0) is 18.1. The van der Waals surface area contributed by atoms with E-state index in [0.717, 1.165) is 0 Å². The third-order valence-corrected chi connectivity index (χ3v) is 4.43. The Bertz CT molecular complexity index is 658. The van der Waals surface area contributed by atoms with Crippen LogP contribution in [0.1, 0.15) is 20.8 Å². The standard InChI is InChI=1S/C17H19ClF2O4/c1-4-23-10-5-6-13(12(18)9-10)24-17(19,20)8-7-11-14(15(21)22)16(11,2)3/h5-9,11,14H,4H2,1-3H3,(H,21,22)/t11-,14-/m0/s1. The minimum Gasteiger partial charge on any atom is -0.494 e. The molecule has 7 heteroatoms. The molecule has 0 radical (unpaired) electrons. The first-order chi connectivity index (χ1) is 11.1. The third-order valence-electron chi connectivity index (χ3n) is 4.13. The van der Waals surface area contributed by atoms with Crippen LogP contribution in [-0.2, 0) is 4.79 Å². The maximum absolute atomic E-state index is 14.0. The lowest BCUT2D eigenvalue weighted by molar-refractivity contribution is -0.139. The molecule has 0 heterocycles. The molecule has 4 nitrogen and oxygen atoms in total. The largest absolute Gasteiger partial charge is 0.494 e. The first-order valence-electron chi connectivity index (χ1n) is 7.50. The van der Waals surface area contributed by atoms with Crippen LogP contribution in [0.15, 0.2) is 30.4 Å². The quantitative estimate of drug-likeness (QED) is 0.721. The lowest BCUT2D eigenvalue weighted by Gasteiger charge is -2.16. The zero-order valence-electron chi connectivity index (χ0n) is 13.6. The molecule has 0 aromatic heterocycles. The molecule has 1 N–H and O–H groups in total. The van der Waals surface area contributed by atoms with Crippen LogP contribution in [-0.4, -0.2) is 23.8 Å². The van der Waals surface area contributed by atoms with Gasteiger partial charge in [-0.15, -0.1) is 0 Å². The van der Waals surface area contributed by atoms with Gasteiger partial charge in [-0.3, -0.25) is 4.79 Å². The highest BCUT2D eigenvalue weighted by molar-refractivity contribution is 6.32. The monoisotopic (exact) mass is 360 g/mol. The highest BCUT2D eigenvalue weighted by atomic mass is 35.5. The number of carboxylic acid groups (broad SMARTS) is 1. The van der Waals surface area contributed by atoms with Gasteiger partial charge in [-0.25, -0.2) is 0 Å². The average molecular weight is 361 g/mol. The number of aliphatic carboxylic acids is 1. The minimum absolute atomic E-state index is 0.00388. The molecule has 2 atom stereocenters. The Morgan fingerprint density at radius 3 is 2.62 bits per heavy atom. The van der Waals surface area contributed by atoms with Crippen LogP contribution in [0.2, 0.25) is 5.02 Å². The normalized spacial score (nSPS) is 22.4. The Labute approximate surface area is 144 Å². The molecule has 1 saturated carbocycles. The van der Waals surface area contributed by atoms with Gasteiger partial charge in [-0.1, -0.05) is 31.5 Å². The Morgan fingerprint density at radius 1 is 1.46 bits per heavy atom. The molecule has 0 spiro atoms. The number of hydrogen-bond donors (Lipinski definition) is 1. The van der Waals surface area contributed by atoms with Crippen LogP contribution >= 0.6 is 11.6 Å². The molecular formula is C17H19ClF2O4. The molecular weight excluding hydrogens is 342 g/mol. The van der Waals surface area contributed by atoms with Gasteiger partial charge < -0.3 is 14.6 Å². The summed E-state index contributed by atoms with van der Waals surface area (Å²) in [5.41, 5.74) is -0.546. The fourth-order valence-corrected chi connectivity index (χ4v) is 2.93. The van der Waals surface area contributed by atoms with Gasteiger partial charge in [0, 0.05) is 12.1 Å². The van der Waals surface area contributed by atoms with E-state index in [1.807, 2.05) is 0 Å². The van der Waals surface area contributed by atoms with Crippen LogP contribution in [0.3, 0.4) is 0 Å². The molecule has 24 heavy (non-hydrogen) atoms. The fraction of sp³-hybridized carbons (Fsp3) is 0.471. The number of carboxylic acids is 1. The maximum atomic E-state index is 14.0. The fourth-order valence-electron chi connectivity index (χ4n) is 2.73. The summed E-state index contributed by atoms with van der Waals surface area (Å²) in [6.45, 7) is 5.67. The third kappa shape index (κ3) is 3.98. The summed E-state index contributed by atoms with van der Waals surface area (Å²) in [4.78, 5) is 11.1. The van der Waals surface area contributed by atoms with Crippen molar-refractivity contribution in [1.82, 2.24) is 0 Å². The molecule has 0 aliphatic heterocycles. The summed E-state index contributed by atoms with van der Waals surface area (Å²) < 4.78 is 37.8. The van der Waals surface area contributed by atoms with Crippen molar-refractivity contribution in [3.63, 3.8) is 0 Å². The van der Waals surface area contributed by atoms with Gasteiger partial charge in [0.25, 0.3) is 0 Å².